The third-order valence-corrected chi connectivity index (χ3v) is 5.46. The van der Waals surface area contributed by atoms with Crippen LogP contribution < -0.4 is 20.9 Å². The Bertz CT molecular complexity index is 782. The van der Waals surface area contributed by atoms with Gasteiger partial charge in [0.1, 0.15) is 5.65 Å². The summed E-state index contributed by atoms with van der Waals surface area (Å²) in [6, 6.07) is 4.31. The van der Waals surface area contributed by atoms with E-state index in [9.17, 15) is 4.79 Å². The van der Waals surface area contributed by atoms with Crippen LogP contribution in [0.25, 0.3) is 11.0 Å². The fourth-order valence-electron chi connectivity index (χ4n) is 3.17. The summed E-state index contributed by atoms with van der Waals surface area (Å²) in [6.07, 6.45) is 5.64. The minimum absolute atomic E-state index is 0.00134. The van der Waals surface area contributed by atoms with Gasteiger partial charge in [-0.15, -0.1) is 11.8 Å². The largest absolute Gasteiger partial charge is 0.350 e. The molecule has 1 fully saturated rings. The lowest BCUT2D eigenvalue weighted by atomic mass is 10.2. The number of anilines is 1. The van der Waals surface area contributed by atoms with Crippen LogP contribution in [0.5, 0.6) is 0 Å². The highest BCUT2D eigenvalue weighted by atomic mass is 32.2. The first kappa shape index (κ1) is 16.4. The van der Waals surface area contributed by atoms with Gasteiger partial charge in [-0.05, 0) is 12.1 Å². The van der Waals surface area contributed by atoms with Crippen molar-refractivity contribution >= 4 is 34.4 Å². The molecule has 8 heteroatoms. The number of carbonyl (C=O) groups excluding carboxylic acids is 1. The van der Waals surface area contributed by atoms with Crippen molar-refractivity contribution < 1.29 is 4.79 Å². The zero-order valence-corrected chi connectivity index (χ0v) is 14.7. The summed E-state index contributed by atoms with van der Waals surface area (Å²) in [7, 11) is 0. The van der Waals surface area contributed by atoms with Crippen molar-refractivity contribution in [2.24, 2.45) is 0 Å². The molecule has 0 aromatic carbocycles. The molecule has 2 aliphatic rings. The maximum Gasteiger partial charge on any atom is 0.259 e. The van der Waals surface area contributed by atoms with Gasteiger partial charge < -0.3 is 25.8 Å². The van der Waals surface area contributed by atoms with E-state index in [1.54, 1.807) is 18.0 Å². The summed E-state index contributed by atoms with van der Waals surface area (Å²) in [5.41, 5.74) is 1.95. The van der Waals surface area contributed by atoms with Crippen molar-refractivity contribution in [1.29, 1.82) is 0 Å². The Hall–Kier alpha value is -2.03. The molecule has 0 saturated carbocycles. The maximum atomic E-state index is 12.5. The molecule has 132 valence electrons. The molecule has 1 unspecified atom stereocenters. The summed E-state index contributed by atoms with van der Waals surface area (Å²) in [6.45, 7) is 4.34. The topological polar surface area (TPSA) is 85.1 Å². The van der Waals surface area contributed by atoms with Gasteiger partial charge >= 0.3 is 0 Å². The van der Waals surface area contributed by atoms with Gasteiger partial charge in [0.2, 0.25) is 0 Å². The molecule has 1 saturated heterocycles. The molecular formula is C17H22N6OS. The van der Waals surface area contributed by atoms with Crippen LogP contribution in [0, 0.1) is 0 Å². The number of H-pyrrole nitrogens is 1. The highest BCUT2D eigenvalue weighted by Crippen LogP contribution is 2.30. The second kappa shape index (κ2) is 7.47. The molecule has 2 aliphatic heterocycles. The molecule has 1 atom stereocenters. The molecule has 4 heterocycles. The van der Waals surface area contributed by atoms with Crippen molar-refractivity contribution in [1.82, 2.24) is 25.9 Å². The van der Waals surface area contributed by atoms with E-state index in [1.807, 2.05) is 24.5 Å². The average molecular weight is 358 g/mol. The lowest BCUT2D eigenvalue weighted by Crippen LogP contribution is -2.53. The van der Waals surface area contributed by atoms with Crippen LogP contribution in [0.3, 0.4) is 0 Å². The van der Waals surface area contributed by atoms with Crippen LogP contribution in [0.15, 0.2) is 35.6 Å². The monoisotopic (exact) mass is 358 g/mol. The van der Waals surface area contributed by atoms with Crippen LogP contribution in [0.4, 0.5) is 5.69 Å². The third kappa shape index (κ3) is 3.65. The summed E-state index contributed by atoms with van der Waals surface area (Å²) in [4.78, 5) is 22.9. The predicted molar refractivity (Wildman–Crippen MR) is 102 cm³/mol. The van der Waals surface area contributed by atoms with Crippen LogP contribution in [0.1, 0.15) is 0 Å². The van der Waals surface area contributed by atoms with E-state index in [1.165, 1.54) is 0 Å². The molecule has 4 rings (SSSR count). The molecule has 1 amide bonds. The first-order valence-electron chi connectivity index (χ1n) is 8.57. The third-order valence-electron chi connectivity index (χ3n) is 4.47. The number of hydrogen-bond acceptors (Lipinski definition) is 6. The highest BCUT2D eigenvalue weighted by Gasteiger charge is 2.21. The number of piperazine rings is 1. The van der Waals surface area contributed by atoms with Gasteiger partial charge in [0.25, 0.3) is 5.91 Å². The summed E-state index contributed by atoms with van der Waals surface area (Å²) in [5.74, 6) is 0.887. The Balaban J connectivity index is 1.46. The van der Waals surface area contributed by atoms with E-state index in [0.29, 0.717) is 12.6 Å². The van der Waals surface area contributed by atoms with E-state index in [0.717, 1.165) is 53.6 Å². The van der Waals surface area contributed by atoms with E-state index in [2.05, 4.69) is 30.8 Å². The quantitative estimate of drug-likeness (QED) is 0.642. The van der Waals surface area contributed by atoms with Crippen molar-refractivity contribution in [2.75, 3.05) is 43.4 Å². The number of aromatic amines is 1. The van der Waals surface area contributed by atoms with Gasteiger partial charge in [-0.3, -0.25) is 4.79 Å². The van der Waals surface area contributed by atoms with E-state index in [4.69, 9.17) is 0 Å². The van der Waals surface area contributed by atoms with E-state index in [-0.39, 0.29) is 5.91 Å². The SMILES string of the molecule is O=C(NCC1CNCCN1)C1=CN(c2ccnc3[nH]ccc23)CCS1. The number of amides is 1. The number of nitrogens with zero attached hydrogens (tertiary/aromatic N) is 2. The molecule has 0 radical (unpaired) electrons. The Morgan fingerprint density at radius 3 is 3.24 bits per heavy atom. The molecule has 0 spiro atoms. The van der Waals surface area contributed by atoms with Crippen LogP contribution >= 0.6 is 11.8 Å². The number of rotatable bonds is 4. The zero-order valence-electron chi connectivity index (χ0n) is 13.9. The molecule has 0 bridgehead atoms. The standard InChI is InChI=1S/C17H22N6OS/c24-17(22-10-12-9-18-5-6-19-12)15-11-23(7-8-25-15)14-2-4-21-16-13(14)1-3-20-16/h1-4,11-12,18-19H,5-10H2,(H,20,21)(H,22,24). The van der Waals surface area contributed by atoms with Gasteiger partial charge in [0.15, 0.2) is 0 Å². The van der Waals surface area contributed by atoms with Crippen LogP contribution in [-0.4, -0.2) is 60.4 Å². The predicted octanol–water partition coefficient (Wildman–Crippen LogP) is 0.635. The minimum atomic E-state index is 0.00134. The Morgan fingerprint density at radius 1 is 1.40 bits per heavy atom. The Morgan fingerprint density at radius 2 is 2.36 bits per heavy atom. The second-order valence-corrected chi connectivity index (χ2v) is 7.31. The minimum Gasteiger partial charge on any atom is -0.350 e. The number of thioether (sulfide) groups is 1. The fourth-order valence-corrected chi connectivity index (χ4v) is 4.08. The zero-order chi connectivity index (χ0) is 17.1. The van der Waals surface area contributed by atoms with Gasteiger partial charge in [0, 0.05) is 68.5 Å². The van der Waals surface area contributed by atoms with Crippen LogP contribution in [-0.2, 0) is 4.79 Å². The van der Waals surface area contributed by atoms with Gasteiger partial charge in [-0.25, -0.2) is 4.98 Å². The molecular weight excluding hydrogens is 336 g/mol. The normalized spacial score (nSPS) is 21.2. The number of aromatic nitrogens is 2. The highest BCUT2D eigenvalue weighted by molar-refractivity contribution is 8.04. The summed E-state index contributed by atoms with van der Waals surface area (Å²) in [5, 5.41) is 10.9. The van der Waals surface area contributed by atoms with Gasteiger partial charge in [-0.1, -0.05) is 0 Å². The number of pyridine rings is 1. The molecule has 7 nitrogen and oxygen atoms in total. The van der Waals surface area contributed by atoms with Crippen molar-refractivity contribution in [2.45, 2.75) is 6.04 Å². The number of fused-ring (bicyclic) bond motifs is 1. The second-order valence-electron chi connectivity index (χ2n) is 6.17. The first-order valence-corrected chi connectivity index (χ1v) is 9.55. The van der Waals surface area contributed by atoms with Gasteiger partial charge in [0.05, 0.1) is 10.6 Å². The number of nitrogens with one attached hydrogen (secondary N) is 4. The molecule has 0 aliphatic carbocycles. The Labute approximate surface area is 150 Å². The summed E-state index contributed by atoms with van der Waals surface area (Å²) >= 11 is 1.61. The van der Waals surface area contributed by atoms with Crippen molar-refractivity contribution in [3.8, 4) is 0 Å². The van der Waals surface area contributed by atoms with Crippen molar-refractivity contribution in [3.05, 3.63) is 35.6 Å². The summed E-state index contributed by atoms with van der Waals surface area (Å²) < 4.78 is 0. The number of hydrogen-bond donors (Lipinski definition) is 4. The van der Waals surface area contributed by atoms with Gasteiger partial charge in [-0.2, -0.15) is 0 Å². The van der Waals surface area contributed by atoms with Crippen molar-refractivity contribution in [3.63, 3.8) is 0 Å². The number of carbonyl (C=O) groups is 1. The molecule has 2 aromatic rings. The maximum absolute atomic E-state index is 12.5. The fraction of sp³-hybridized carbons (Fsp3) is 0.412. The lowest BCUT2D eigenvalue weighted by Gasteiger charge is -2.27. The first-order chi connectivity index (χ1) is 12.3. The smallest absolute Gasteiger partial charge is 0.259 e. The Kier molecular flexibility index (Phi) is 4.91. The van der Waals surface area contributed by atoms with Crippen LogP contribution in [0.2, 0.25) is 0 Å². The molecule has 25 heavy (non-hydrogen) atoms. The molecule has 2 aromatic heterocycles. The average Bonchev–Trinajstić information content (AvgIpc) is 3.16. The van der Waals surface area contributed by atoms with E-state index >= 15 is 0 Å². The lowest BCUT2D eigenvalue weighted by molar-refractivity contribution is -0.116. The van der Waals surface area contributed by atoms with E-state index < -0.39 is 0 Å². The molecule has 4 N–H and O–H groups in total.